The minimum Gasteiger partial charge on any atom is -0.412 e. The van der Waals surface area contributed by atoms with Gasteiger partial charge in [0.15, 0.2) is 0 Å². The van der Waals surface area contributed by atoms with Crippen LogP contribution in [0.1, 0.15) is 23.2 Å². The first-order chi connectivity index (χ1) is 6.27. The van der Waals surface area contributed by atoms with Crippen molar-refractivity contribution in [1.82, 2.24) is 5.32 Å². The van der Waals surface area contributed by atoms with Gasteiger partial charge in [0.25, 0.3) is 5.91 Å². The minimum absolute atomic E-state index is 0. The maximum Gasteiger partial charge on any atom is 0.253 e. The van der Waals surface area contributed by atoms with E-state index in [1.807, 2.05) is 12.1 Å². The van der Waals surface area contributed by atoms with E-state index in [0.29, 0.717) is 17.3 Å². The summed E-state index contributed by atoms with van der Waals surface area (Å²) in [5.74, 6) is -0.0550. The smallest absolute Gasteiger partial charge is 0.253 e. The molecule has 1 aliphatic rings. The molecule has 0 heterocycles. The molecule has 0 saturated heterocycles. The molecular weight excluding hydrogens is 180 g/mol. The standard InChI is InChI=1S/C10H12N2O.H2O/c11-9-4-2-1-3-8(9)10(13)12-7-5-6-7;/h1-4,7H,5-6,11H2,(H,12,13);1H2. The number of anilines is 1. The molecule has 2 rings (SSSR count). The molecule has 0 bridgehead atoms. The second-order valence-corrected chi connectivity index (χ2v) is 3.33. The number of para-hydroxylation sites is 1. The zero-order valence-corrected chi connectivity index (χ0v) is 7.79. The quantitative estimate of drug-likeness (QED) is 0.665. The highest BCUT2D eigenvalue weighted by Crippen LogP contribution is 2.20. The molecule has 1 aliphatic carbocycles. The van der Waals surface area contributed by atoms with Gasteiger partial charge in [-0.1, -0.05) is 12.1 Å². The van der Waals surface area contributed by atoms with Crippen LogP contribution in [0.3, 0.4) is 0 Å². The van der Waals surface area contributed by atoms with Gasteiger partial charge in [-0.2, -0.15) is 0 Å². The Kier molecular flexibility index (Phi) is 3.09. The maximum atomic E-state index is 11.5. The van der Waals surface area contributed by atoms with Gasteiger partial charge in [0.1, 0.15) is 0 Å². The highest BCUT2D eigenvalue weighted by atomic mass is 16.1. The van der Waals surface area contributed by atoms with Crippen molar-refractivity contribution in [3.63, 3.8) is 0 Å². The normalized spacial score (nSPS) is 14.3. The van der Waals surface area contributed by atoms with E-state index < -0.39 is 0 Å². The number of nitrogen functional groups attached to an aromatic ring is 1. The van der Waals surface area contributed by atoms with E-state index in [1.54, 1.807) is 12.1 Å². The number of nitrogens with two attached hydrogens (primary N) is 1. The van der Waals surface area contributed by atoms with Gasteiger partial charge < -0.3 is 16.5 Å². The van der Waals surface area contributed by atoms with Crippen LogP contribution in [0.2, 0.25) is 0 Å². The fourth-order valence-electron chi connectivity index (χ4n) is 1.19. The molecule has 76 valence electrons. The van der Waals surface area contributed by atoms with Gasteiger partial charge in [-0.3, -0.25) is 4.79 Å². The second-order valence-electron chi connectivity index (χ2n) is 3.33. The molecule has 1 amide bonds. The van der Waals surface area contributed by atoms with Gasteiger partial charge in [0, 0.05) is 11.7 Å². The molecule has 1 aromatic rings. The van der Waals surface area contributed by atoms with E-state index in [0.717, 1.165) is 12.8 Å². The van der Waals surface area contributed by atoms with Crippen molar-refractivity contribution >= 4 is 11.6 Å². The third kappa shape index (κ3) is 2.23. The van der Waals surface area contributed by atoms with E-state index in [9.17, 15) is 4.79 Å². The lowest BCUT2D eigenvalue weighted by molar-refractivity contribution is 0.0952. The van der Waals surface area contributed by atoms with Crippen molar-refractivity contribution in [2.75, 3.05) is 5.73 Å². The van der Waals surface area contributed by atoms with Gasteiger partial charge in [0.2, 0.25) is 0 Å². The van der Waals surface area contributed by atoms with E-state index in [4.69, 9.17) is 5.73 Å². The van der Waals surface area contributed by atoms with Crippen molar-refractivity contribution in [3.05, 3.63) is 29.8 Å². The SMILES string of the molecule is Nc1ccccc1C(=O)NC1CC1.O. The van der Waals surface area contributed by atoms with Gasteiger partial charge in [-0.05, 0) is 25.0 Å². The molecule has 0 atom stereocenters. The molecule has 1 aromatic carbocycles. The largest absolute Gasteiger partial charge is 0.412 e. The summed E-state index contributed by atoms with van der Waals surface area (Å²) in [6.45, 7) is 0. The lowest BCUT2D eigenvalue weighted by Crippen LogP contribution is -2.26. The Morgan fingerprint density at radius 2 is 2.00 bits per heavy atom. The minimum atomic E-state index is -0.0550. The fourth-order valence-corrected chi connectivity index (χ4v) is 1.19. The van der Waals surface area contributed by atoms with Crippen LogP contribution >= 0.6 is 0 Å². The Bertz CT molecular complexity index is 335. The highest BCUT2D eigenvalue weighted by molar-refractivity contribution is 5.99. The summed E-state index contributed by atoms with van der Waals surface area (Å²) < 4.78 is 0. The Morgan fingerprint density at radius 1 is 1.36 bits per heavy atom. The van der Waals surface area contributed by atoms with Crippen LogP contribution in [0.15, 0.2) is 24.3 Å². The molecule has 0 radical (unpaired) electrons. The van der Waals surface area contributed by atoms with Crippen LogP contribution in [-0.4, -0.2) is 17.4 Å². The molecule has 1 saturated carbocycles. The van der Waals surface area contributed by atoms with E-state index in [-0.39, 0.29) is 11.4 Å². The van der Waals surface area contributed by atoms with Crippen LogP contribution in [0, 0.1) is 0 Å². The first kappa shape index (κ1) is 10.5. The number of nitrogens with one attached hydrogen (secondary N) is 1. The second kappa shape index (κ2) is 4.11. The number of hydrogen-bond acceptors (Lipinski definition) is 2. The van der Waals surface area contributed by atoms with Crippen molar-refractivity contribution in [2.24, 2.45) is 0 Å². The Balaban J connectivity index is 0.000000980. The monoisotopic (exact) mass is 194 g/mol. The van der Waals surface area contributed by atoms with Crippen LogP contribution in [0.4, 0.5) is 5.69 Å². The molecular formula is C10H14N2O2. The average molecular weight is 194 g/mol. The maximum absolute atomic E-state index is 11.5. The predicted molar refractivity (Wildman–Crippen MR) is 55.0 cm³/mol. The summed E-state index contributed by atoms with van der Waals surface area (Å²) >= 11 is 0. The molecule has 4 nitrogen and oxygen atoms in total. The molecule has 4 heteroatoms. The first-order valence-corrected chi connectivity index (χ1v) is 4.43. The zero-order chi connectivity index (χ0) is 9.26. The first-order valence-electron chi connectivity index (χ1n) is 4.43. The topological polar surface area (TPSA) is 86.6 Å². The van der Waals surface area contributed by atoms with Crippen LogP contribution < -0.4 is 11.1 Å². The molecule has 1 fully saturated rings. The molecule has 0 aromatic heterocycles. The number of amides is 1. The summed E-state index contributed by atoms with van der Waals surface area (Å²) in [5.41, 5.74) is 6.78. The van der Waals surface area contributed by atoms with E-state index in [1.165, 1.54) is 0 Å². The number of hydrogen-bond donors (Lipinski definition) is 2. The van der Waals surface area contributed by atoms with Gasteiger partial charge in [-0.25, -0.2) is 0 Å². The Labute approximate surface area is 82.4 Å². The van der Waals surface area contributed by atoms with Crippen LogP contribution in [0.25, 0.3) is 0 Å². The van der Waals surface area contributed by atoms with E-state index >= 15 is 0 Å². The third-order valence-corrected chi connectivity index (χ3v) is 2.12. The lowest BCUT2D eigenvalue weighted by Gasteiger charge is -2.05. The Morgan fingerprint density at radius 3 is 2.57 bits per heavy atom. The lowest BCUT2D eigenvalue weighted by atomic mass is 10.1. The number of carbonyl (C=O) groups excluding carboxylic acids is 1. The molecule has 0 spiro atoms. The summed E-state index contributed by atoms with van der Waals surface area (Å²) in [6.07, 6.45) is 2.19. The summed E-state index contributed by atoms with van der Waals surface area (Å²) in [5, 5.41) is 2.89. The fraction of sp³-hybridized carbons (Fsp3) is 0.300. The predicted octanol–water partition coefficient (Wildman–Crippen LogP) is 0.336. The highest BCUT2D eigenvalue weighted by Gasteiger charge is 2.24. The van der Waals surface area contributed by atoms with Gasteiger partial charge in [-0.15, -0.1) is 0 Å². The number of benzene rings is 1. The van der Waals surface area contributed by atoms with Crippen molar-refractivity contribution in [1.29, 1.82) is 0 Å². The summed E-state index contributed by atoms with van der Waals surface area (Å²) in [4.78, 5) is 11.5. The number of carbonyl (C=O) groups is 1. The van der Waals surface area contributed by atoms with Crippen molar-refractivity contribution < 1.29 is 10.3 Å². The van der Waals surface area contributed by atoms with Crippen molar-refractivity contribution in [2.45, 2.75) is 18.9 Å². The third-order valence-electron chi connectivity index (χ3n) is 2.12. The average Bonchev–Trinajstić information content (AvgIpc) is 2.89. The van der Waals surface area contributed by atoms with Gasteiger partial charge >= 0.3 is 0 Å². The van der Waals surface area contributed by atoms with Gasteiger partial charge in [0.05, 0.1) is 5.56 Å². The molecule has 14 heavy (non-hydrogen) atoms. The van der Waals surface area contributed by atoms with Crippen LogP contribution in [-0.2, 0) is 0 Å². The Hall–Kier alpha value is -1.55. The molecule has 0 unspecified atom stereocenters. The van der Waals surface area contributed by atoms with Crippen LogP contribution in [0.5, 0.6) is 0 Å². The molecule has 5 N–H and O–H groups in total. The molecule has 0 aliphatic heterocycles. The van der Waals surface area contributed by atoms with Crippen molar-refractivity contribution in [3.8, 4) is 0 Å². The number of rotatable bonds is 2. The summed E-state index contributed by atoms with van der Waals surface area (Å²) in [7, 11) is 0. The van der Waals surface area contributed by atoms with E-state index in [2.05, 4.69) is 5.32 Å². The zero-order valence-electron chi connectivity index (χ0n) is 7.79. The summed E-state index contributed by atoms with van der Waals surface area (Å²) in [6, 6.07) is 7.50.